The summed E-state index contributed by atoms with van der Waals surface area (Å²) in [4.78, 5) is 20.5. The Hall–Kier alpha value is -3.53. The van der Waals surface area contributed by atoms with Crippen molar-refractivity contribution in [3.05, 3.63) is 59.9 Å². The van der Waals surface area contributed by atoms with Crippen molar-refractivity contribution in [3.63, 3.8) is 0 Å². The number of methoxy groups -OCH3 is 1. The number of halogens is 4. The van der Waals surface area contributed by atoms with Gasteiger partial charge in [0.1, 0.15) is 11.5 Å². The van der Waals surface area contributed by atoms with Gasteiger partial charge in [0.15, 0.2) is 6.10 Å². The molecule has 0 saturated heterocycles. The Bertz CT molecular complexity index is 1020. The SMILES string of the molecule is COC(C=Nc1ccc(C(F)(F)F)cc1F)C(=O)C(=N)C(CC=N)=Nc1ccccc1. The Morgan fingerprint density at radius 3 is 2.42 bits per heavy atom. The van der Waals surface area contributed by atoms with Crippen molar-refractivity contribution in [2.75, 3.05) is 7.11 Å². The monoisotopic (exact) mass is 434 g/mol. The van der Waals surface area contributed by atoms with Gasteiger partial charge in [-0.05, 0) is 30.3 Å². The number of carbonyl (C=O) groups excluding carboxylic acids is 1. The Morgan fingerprint density at radius 1 is 1.19 bits per heavy atom. The lowest BCUT2D eigenvalue weighted by atomic mass is 10.0. The maximum absolute atomic E-state index is 13.9. The molecule has 0 aliphatic rings. The van der Waals surface area contributed by atoms with Gasteiger partial charge in [0.2, 0.25) is 5.78 Å². The molecule has 2 rings (SSSR count). The van der Waals surface area contributed by atoms with Crippen molar-refractivity contribution in [3.8, 4) is 0 Å². The molecule has 0 radical (unpaired) electrons. The van der Waals surface area contributed by atoms with Gasteiger partial charge in [0.25, 0.3) is 0 Å². The molecule has 0 amide bonds. The Balaban J connectivity index is 2.24. The summed E-state index contributed by atoms with van der Waals surface area (Å²) in [7, 11) is 1.16. The van der Waals surface area contributed by atoms with E-state index >= 15 is 0 Å². The summed E-state index contributed by atoms with van der Waals surface area (Å²) in [6.07, 6.45) is -4.31. The zero-order valence-electron chi connectivity index (χ0n) is 16.3. The van der Waals surface area contributed by atoms with Crippen LogP contribution in [0.3, 0.4) is 0 Å². The van der Waals surface area contributed by atoms with Gasteiger partial charge in [-0.3, -0.25) is 20.2 Å². The van der Waals surface area contributed by atoms with Gasteiger partial charge in [0, 0.05) is 26.0 Å². The molecule has 1 unspecified atom stereocenters. The smallest absolute Gasteiger partial charge is 0.367 e. The molecule has 0 saturated carbocycles. The second-order valence-corrected chi connectivity index (χ2v) is 6.14. The van der Waals surface area contributed by atoms with Gasteiger partial charge in [-0.2, -0.15) is 13.2 Å². The molecule has 0 heterocycles. The van der Waals surface area contributed by atoms with Crippen LogP contribution in [0, 0.1) is 16.6 Å². The Morgan fingerprint density at radius 2 is 1.87 bits per heavy atom. The summed E-state index contributed by atoms with van der Waals surface area (Å²) in [6, 6.07) is 10.3. The summed E-state index contributed by atoms with van der Waals surface area (Å²) in [6.45, 7) is 0. The van der Waals surface area contributed by atoms with E-state index in [4.69, 9.17) is 15.6 Å². The van der Waals surface area contributed by atoms with Crippen LogP contribution < -0.4 is 0 Å². The summed E-state index contributed by atoms with van der Waals surface area (Å²) in [5.74, 6) is -2.08. The molecule has 0 bridgehead atoms. The predicted octanol–water partition coefficient (Wildman–Crippen LogP) is 4.96. The number of aliphatic imine (C=N–C) groups is 2. The van der Waals surface area contributed by atoms with Crippen LogP contribution in [0.1, 0.15) is 12.0 Å². The van der Waals surface area contributed by atoms with Crippen LogP contribution in [0.15, 0.2) is 58.5 Å². The molecular formula is C21H18F4N4O2. The molecule has 2 aromatic carbocycles. The van der Waals surface area contributed by atoms with E-state index in [1.807, 2.05) is 0 Å². The third-order valence-corrected chi connectivity index (χ3v) is 3.99. The van der Waals surface area contributed by atoms with Crippen LogP contribution in [0.25, 0.3) is 0 Å². The van der Waals surface area contributed by atoms with Crippen molar-refractivity contribution < 1.29 is 27.1 Å². The van der Waals surface area contributed by atoms with Crippen LogP contribution in [0.5, 0.6) is 0 Å². The number of nitrogens with zero attached hydrogens (tertiary/aromatic N) is 2. The van der Waals surface area contributed by atoms with E-state index in [0.29, 0.717) is 17.8 Å². The normalized spacial score (nSPS) is 13.3. The van der Waals surface area contributed by atoms with Crippen LogP contribution in [-0.4, -0.2) is 42.8 Å². The Labute approximate surface area is 175 Å². The van der Waals surface area contributed by atoms with Crippen LogP contribution in [0.2, 0.25) is 0 Å². The highest BCUT2D eigenvalue weighted by Gasteiger charge is 2.31. The minimum absolute atomic E-state index is 0.0161. The number of para-hydroxylation sites is 1. The first-order valence-electron chi connectivity index (χ1n) is 8.85. The largest absolute Gasteiger partial charge is 0.416 e. The summed E-state index contributed by atoms with van der Waals surface area (Å²) in [5.41, 5.74) is -1.63. The fourth-order valence-electron chi connectivity index (χ4n) is 2.41. The van der Waals surface area contributed by atoms with Gasteiger partial charge < -0.3 is 10.1 Å². The standard InChI is InChI=1S/C21H18F4N4O2/c1-31-18(12-28-16-8-7-13(11-15(16)22)21(23,24)25)20(30)19(27)17(9-10-26)29-14-5-3-2-4-6-14/h2-8,10-12,18,26-27H,9H2,1H3. The second-order valence-electron chi connectivity index (χ2n) is 6.14. The van der Waals surface area contributed by atoms with Crippen molar-refractivity contribution in [2.45, 2.75) is 18.7 Å². The maximum Gasteiger partial charge on any atom is 0.416 e. The summed E-state index contributed by atoms with van der Waals surface area (Å²) in [5, 5.41) is 15.4. The quantitative estimate of drug-likeness (QED) is 0.431. The highest BCUT2D eigenvalue weighted by Crippen LogP contribution is 2.31. The first kappa shape index (κ1) is 23.7. The Kier molecular flexibility index (Phi) is 8.03. The first-order chi connectivity index (χ1) is 14.7. The minimum atomic E-state index is -4.70. The minimum Gasteiger partial charge on any atom is -0.367 e. The van der Waals surface area contributed by atoms with E-state index in [0.717, 1.165) is 25.6 Å². The average molecular weight is 434 g/mol. The first-order valence-corrected chi connectivity index (χ1v) is 8.85. The van der Waals surface area contributed by atoms with Crippen molar-refractivity contribution in [1.29, 1.82) is 10.8 Å². The van der Waals surface area contributed by atoms with E-state index in [1.54, 1.807) is 30.3 Å². The van der Waals surface area contributed by atoms with E-state index in [1.165, 1.54) is 0 Å². The second kappa shape index (κ2) is 10.5. The molecular weight excluding hydrogens is 416 g/mol. The molecule has 31 heavy (non-hydrogen) atoms. The molecule has 6 nitrogen and oxygen atoms in total. The number of rotatable bonds is 9. The molecule has 10 heteroatoms. The highest BCUT2D eigenvalue weighted by atomic mass is 19.4. The third-order valence-electron chi connectivity index (χ3n) is 3.99. The summed E-state index contributed by atoms with van der Waals surface area (Å²) < 4.78 is 56.8. The van der Waals surface area contributed by atoms with Crippen LogP contribution in [0.4, 0.5) is 28.9 Å². The van der Waals surface area contributed by atoms with Gasteiger partial charge in [-0.1, -0.05) is 18.2 Å². The molecule has 0 fully saturated rings. The van der Waals surface area contributed by atoms with Gasteiger partial charge in [-0.15, -0.1) is 0 Å². The topological polar surface area (TPSA) is 98.7 Å². The lowest BCUT2D eigenvalue weighted by Gasteiger charge is -2.12. The predicted molar refractivity (Wildman–Crippen MR) is 110 cm³/mol. The van der Waals surface area contributed by atoms with Crippen molar-refractivity contribution in [1.82, 2.24) is 0 Å². The van der Waals surface area contributed by atoms with Gasteiger partial charge >= 0.3 is 6.18 Å². The fraction of sp³-hybridized carbons (Fsp3) is 0.190. The molecule has 0 aliphatic heterocycles. The number of benzene rings is 2. The van der Waals surface area contributed by atoms with E-state index in [-0.39, 0.29) is 12.1 Å². The number of nitrogens with one attached hydrogen (secondary N) is 2. The van der Waals surface area contributed by atoms with Crippen molar-refractivity contribution >= 4 is 41.0 Å². The molecule has 2 N–H and O–H groups in total. The third kappa shape index (κ3) is 6.48. The maximum atomic E-state index is 13.9. The number of hydrogen-bond acceptors (Lipinski definition) is 6. The zero-order chi connectivity index (χ0) is 23.0. The van der Waals surface area contributed by atoms with Crippen LogP contribution >= 0.6 is 0 Å². The summed E-state index contributed by atoms with van der Waals surface area (Å²) >= 11 is 0. The van der Waals surface area contributed by atoms with E-state index < -0.39 is 40.8 Å². The molecule has 0 aromatic heterocycles. The highest BCUT2D eigenvalue weighted by molar-refractivity contribution is 6.69. The number of ketones is 1. The van der Waals surface area contributed by atoms with E-state index in [2.05, 4.69) is 9.98 Å². The fourth-order valence-corrected chi connectivity index (χ4v) is 2.41. The molecule has 0 aliphatic carbocycles. The lowest BCUT2D eigenvalue weighted by molar-refractivity contribution is -0.137. The average Bonchev–Trinajstić information content (AvgIpc) is 2.74. The number of carbonyl (C=O) groups is 1. The van der Waals surface area contributed by atoms with Gasteiger partial charge in [0.05, 0.1) is 22.6 Å². The molecule has 162 valence electrons. The number of alkyl halides is 3. The van der Waals surface area contributed by atoms with Crippen molar-refractivity contribution in [2.24, 2.45) is 9.98 Å². The van der Waals surface area contributed by atoms with Crippen LogP contribution in [-0.2, 0) is 15.7 Å². The zero-order valence-corrected chi connectivity index (χ0v) is 16.3. The molecule has 0 spiro atoms. The lowest BCUT2D eigenvalue weighted by Crippen LogP contribution is -2.35. The number of Topliss-reactive ketones (excluding diaryl/α,β-unsaturated/α-hetero) is 1. The number of ether oxygens (including phenoxy) is 1. The van der Waals surface area contributed by atoms with E-state index in [9.17, 15) is 22.4 Å². The molecule has 1 atom stereocenters. The van der Waals surface area contributed by atoms with Gasteiger partial charge in [-0.25, -0.2) is 4.39 Å². The molecule has 2 aromatic rings. The number of hydrogen-bond donors (Lipinski definition) is 2.